The van der Waals surface area contributed by atoms with Crippen molar-refractivity contribution in [2.75, 3.05) is 0 Å². The Morgan fingerprint density at radius 1 is 1.36 bits per heavy atom. The molecule has 56 valence electrons. The summed E-state index contributed by atoms with van der Waals surface area (Å²) in [6, 6.07) is 0. The largest absolute Gasteiger partial charge is 1.00 e. The molecular weight excluding hydrogens is 155 g/mol. The molecule has 0 radical (unpaired) electrons. The molecular formula is C7H9NaO3. The van der Waals surface area contributed by atoms with E-state index in [0.29, 0.717) is 6.42 Å². The maximum absolute atomic E-state index is 10.5. The molecule has 4 heteroatoms. The van der Waals surface area contributed by atoms with E-state index in [4.69, 9.17) is 0 Å². The van der Waals surface area contributed by atoms with Gasteiger partial charge in [0.15, 0.2) is 5.78 Å². The first-order valence-corrected chi connectivity index (χ1v) is 3.02. The van der Waals surface area contributed by atoms with Crippen LogP contribution in [0.3, 0.4) is 0 Å². The van der Waals surface area contributed by atoms with Crippen molar-refractivity contribution in [3.8, 4) is 0 Å². The summed E-state index contributed by atoms with van der Waals surface area (Å²) in [5.74, 6) is -1.24. The summed E-state index contributed by atoms with van der Waals surface area (Å²) in [7, 11) is 0. The molecule has 3 nitrogen and oxygen atoms in total. The number of carbonyl (C=O) groups excluding carboxylic acids is 2. The summed E-state index contributed by atoms with van der Waals surface area (Å²) < 4.78 is 0. The molecule has 0 atom stereocenters. The van der Waals surface area contributed by atoms with Gasteiger partial charge in [-0.2, -0.15) is 0 Å². The van der Waals surface area contributed by atoms with Crippen molar-refractivity contribution in [3.63, 3.8) is 0 Å². The van der Waals surface area contributed by atoms with Gasteiger partial charge in [-0.05, 0) is 18.9 Å². The number of carboxylic acid groups (broad SMARTS) is 1. The molecule has 11 heavy (non-hydrogen) atoms. The fourth-order valence-corrected chi connectivity index (χ4v) is 0.509. The Morgan fingerprint density at radius 3 is 2.27 bits per heavy atom. The van der Waals surface area contributed by atoms with Gasteiger partial charge in [-0.3, -0.25) is 4.79 Å². The van der Waals surface area contributed by atoms with Crippen LogP contribution in [-0.2, 0) is 9.59 Å². The number of carboxylic acids is 1. The molecule has 0 spiro atoms. The topological polar surface area (TPSA) is 57.2 Å². The molecule has 0 amide bonds. The van der Waals surface area contributed by atoms with Gasteiger partial charge in [0, 0.05) is 12.4 Å². The average molecular weight is 164 g/mol. The molecule has 0 N–H and O–H groups in total. The van der Waals surface area contributed by atoms with Crippen molar-refractivity contribution in [2.24, 2.45) is 0 Å². The van der Waals surface area contributed by atoms with Crippen molar-refractivity contribution < 1.29 is 44.3 Å². The first-order chi connectivity index (χ1) is 4.66. The number of aliphatic carboxylic acids is 1. The van der Waals surface area contributed by atoms with Crippen molar-refractivity contribution >= 4 is 11.8 Å². The SMILES string of the molecule is C=CC(=O)CCCC(=O)[O-].[Na+]. The first-order valence-electron chi connectivity index (χ1n) is 3.02. The zero-order valence-electron chi connectivity index (χ0n) is 6.63. The Kier molecular flexibility index (Phi) is 9.77. The fourth-order valence-electron chi connectivity index (χ4n) is 0.509. The number of allylic oxidation sites excluding steroid dienone is 1. The Balaban J connectivity index is 0. The van der Waals surface area contributed by atoms with E-state index in [1.165, 1.54) is 6.08 Å². The van der Waals surface area contributed by atoms with E-state index in [1.807, 2.05) is 0 Å². The number of carbonyl (C=O) groups is 2. The predicted molar refractivity (Wildman–Crippen MR) is 34.1 cm³/mol. The predicted octanol–water partition coefficient (Wildman–Crippen LogP) is -3.33. The summed E-state index contributed by atoms with van der Waals surface area (Å²) >= 11 is 0. The third kappa shape index (κ3) is 9.88. The molecule has 0 aliphatic carbocycles. The molecule has 0 aliphatic rings. The Morgan fingerprint density at radius 2 is 1.91 bits per heavy atom. The number of hydrogen-bond acceptors (Lipinski definition) is 3. The summed E-state index contributed by atoms with van der Waals surface area (Å²) in [6.07, 6.45) is 1.72. The fraction of sp³-hybridized carbons (Fsp3) is 0.429. The first kappa shape index (κ1) is 13.5. The smallest absolute Gasteiger partial charge is 0.550 e. The molecule has 0 saturated heterocycles. The van der Waals surface area contributed by atoms with Crippen LogP contribution in [0.2, 0.25) is 0 Å². The zero-order valence-corrected chi connectivity index (χ0v) is 8.63. The molecule has 0 aromatic carbocycles. The molecule has 0 bridgehead atoms. The standard InChI is InChI=1S/C7H10O3.Na/c1-2-6(8)4-3-5-7(9)10;/h2H,1,3-5H2,(H,9,10);/q;+1/p-1. The monoisotopic (exact) mass is 164 g/mol. The van der Waals surface area contributed by atoms with Crippen LogP contribution in [0.1, 0.15) is 19.3 Å². The second kappa shape index (κ2) is 7.98. The molecule has 0 aliphatic heterocycles. The van der Waals surface area contributed by atoms with Gasteiger partial charge in [0.25, 0.3) is 0 Å². The van der Waals surface area contributed by atoms with Crippen molar-refractivity contribution in [1.82, 2.24) is 0 Å². The van der Waals surface area contributed by atoms with E-state index in [-0.39, 0.29) is 48.2 Å². The van der Waals surface area contributed by atoms with E-state index in [2.05, 4.69) is 6.58 Å². The third-order valence-electron chi connectivity index (χ3n) is 1.03. The quantitative estimate of drug-likeness (QED) is 0.315. The van der Waals surface area contributed by atoms with Gasteiger partial charge >= 0.3 is 29.6 Å². The van der Waals surface area contributed by atoms with Crippen molar-refractivity contribution in [1.29, 1.82) is 0 Å². The minimum absolute atomic E-state index is 0. The maximum Gasteiger partial charge on any atom is 1.00 e. The number of rotatable bonds is 5. The maximum atomic E-state index is 10.5. The van der Waals surface area contributed by atoms with Crippen LogP contribution >= 0.6 is 0 Å². The average Bonchev–Trinajstić information content (AvgIpc) is 1.87. The third-order valence-corrected chi connectivity index (χ3v) is 1.03. The van der Waals surface area contributed by atoms with Crippen LogP contribution in [0.15, 0.2) is 12.7 Å². The van der Waals surface area contributed by atoms with Gasteiger partial charge in [0.05, 0.1) is 0 Å². The summed E-state index contributed by atoms with van der Waals surface area (Å²) in [5.41, 5.74) is 0. The number of hydrogen-bond donors (Lipinski definition) is 0. The van der Waals surface area contributed by atoms with Gasteiger partial charge in [0.2, 0.25) is 0 Å². The molecule has 0 fully saturated rings. The van der Waals surface area contributed by atoms with Crippen LogP contribution in [0.5, 0.6) is 0 Å². The van der Waals surface area contributed by atoms with Gasteiger partial charge in [0.1, 0.15) is 0 Å². The number of ketones is 1. The molecule has 0 rings (SSSR count). The Hall–Kier alpha value is -0.120. The van der Waals surface area contributed by atoms with Gasteiger partial charge in [-0.15, -0.1) is 0 Å². The van der Waals surface area contributed by atoms with Crippen LogP contribution in [0, 0.1) is 0 Å². The van der Waals surface area contributed by atoms with Gasteiger partial charge in [-0.1, -0.05) is 6.58 Å². The minimum Gasteiger partial charge on any atom is -0.550 e. The van der Waals surface area contributed by atoms with E-state index >= 15 is 0 Å². The Bertz CT molecular complexity index is 154. The summed E-state index contributed by atoms with van der Waals surface area (Å²) in [4.78, 5) is 20.3. The molecule has 0 unspecified atom stereocenters. The van der Waals surface area contributed by atoms with Gasteiger partial charge < -0.3 is 9.90 Å². The Labute approximate surface area is 87.8 Å². The molecule has 0 saturated carbocycles. The van der Waals surface area contributed by atoms with Crippen LogP contribution in [-0.4, -0.2) is 11.8 Å². The van der Waals surface area contributed by atoms with Crippen LogP contribution in [0.25, 0.3) is 0 Å². The molecule has 0 aromatic heterocycles. The normalized spacial score (nSPS) is 8.00. The van der Waals surface area contributed by atoms with E-state index < -0.39 is 5.97 Å². The van der Waals surface area contributed by atoms with E-state index in [1.54, 1.807) is 0 Å². The second-order valence-corrected chi connectivity index (χ2v) is 1.90. The molecule has 0 aromatic rings. The van der Waals surface area contributed by atoms with Crippen LogP contribution in [0.4, 0.5) is 0 Å². The summed E-state index contributed by atoms with van der Waals surface area (Å²) in [5, 5.41) is 9.82. The van der Waals surface area contributed by atoms with Crippen LogP contribution < -0.4 is 34.7 Å². The molecule has 0 heterocycles. The van der Waals surface area contributed by atoms with E-state index in [0.717, 1.165) is 0 Å². The van der Waals surface area contributed by atoms with E-state index in [9.17, 15) is 14.7 Å². The minimum atomic E-state index is -1.11. The van der Waals surface area contributed by atoms with Gasteiger partial charge in [-0.25, -0.2) is 0 Å². The zero-order chi connectivity index (χ0) is 7.98. The second-order valence-electron chi connectivity index (χ2n) is 1.90. The van der Waals surface area contributed by atoms with Crippen molar-refractivity contribution in [2.45, 2.75) is 19.3 Å². The van der Waals surface area contributed by atoms with Crippen molar-refractivity contribution in [3.05, 3.63) is 12.7 Å². The summed E-state index contributed by atoms with van der Waals surface area (Å²) in [6.45, 7) is 3.25.